The number of carbonyl (C=O) groups is 2. The molecule has 1 aliphatic heterocycles. The number of amides is 2. The highest BCUT2D eigenvalue weighted by atomic mass is 16.4. The Morgan fingerprint density at radius 3 is 3.00 bits per heavy atom. The lowest BCUT2D eigenvalue weighted by Crippen LogP contribution is -2.26. The van der Waals surface area contributed by atoms with Crippen molar-refractivity contribution in [2.75, 3.05) is 5.32 Å². The first-order valence-corrected chi connectivity index (χ1v) is 8.69. The van der Waals surface area contributed by atoms with Gasteiger partial charge in [-0.1, -0.05) is 12.1 Å². The third kappa shape index (κ3) is 3.29. The van der Waals surface area contributed by atoms with Crippen LogP contribution in [0.4, 0.5) is 5.69 Å². The highest BCUT2D eigenvalue weighted by Gasteiger charge is 2.26. The van der Waals surface area contributed by atoms with E-state index in [4.69, 9.17) is 4.42 Å². The van der Waals surface area contributed by atoms with Crippen molar-refractivity contribution in [2.24, 2.45) is 5.92 Å². The maximum atomic E-state index is 12.5. The van der Waals surface area contributed by atoms with E-state index >= 15 is 0 Å². The van der Waals surface area contributed by atoms with Crippen LogP contribution in [0.3, 0.4) is 0 Å². The molecular weight excluding hydrogens is 318 g/mol. The molecule has 1 atom stereocenters. The van der Waals surface area contributed by atoms with Gasteiger partial charge in [-0.2, -0.15) is 0 Å². The number of nitrogens with zero attached hydrogens (tertiary/aromatic N) is 1. The zero-order chi connectivity index (χ0) is 17.6. The van der Waals surface area contributed by atoms with Gasteiger partial charge < -0.3 is 15.1 Å². The minimum absolute atomic E-state index is 0.00400. The molecular formula is C19H21N3O3. The average molecular weight is 339 g/mol. The van der Waals surface area contributed by atoms with Crippen molar-refractivity contribution in [3.8, 4) is 0 Å². The Bertz CT molecular complexity index is 852. The van der Waals surface area contributed by atoms with Crippen LogP contribution in [0.15, 0.2) is 22.6 Å². The summed E-state index contributed by atoms with van der Waals surface area (Å²) in [4.78, 5) is 28.4. The van der Waals surface area contributed by atoms with Gasteiger partial charge >= 0.3 is 0 Å². The highest BCUT2D eigenvalue weighted by Crippen LogP contribution is 2.33. The van der Waals surface area contributed by atoms with Gasteiger partial charge in [0.05, 0.1) is 18.2 Å². The van der Waals surface area contributed by atoms with Gasteiger partial charge in [0, 0.05) is 12.1 Å². The van der Waals surface area contributed by atoms with Gasteiger partial charge in [0.2, 0.25) is 11.7 Å². The number of hydrogen-bond acceptors (Lipinski definition) is 4. The van der Waals surface area contributed by atoms with Crippen molar-refractivity contribution in [2.45, 2.75) is 45.6 Å². The number of hydrogen-bond donors (Lipinski definition) is 2. The molecule has 25 heavy (non-hydrogen) atoms. The monoisotopic (exact) mass is 339 g/mol. The van der Waals surface area contributed by atoms with Gasteiger partial charge in [-0.25, -0.2) is 4.98 Å². The average Bonchev–Trinajstić information content (AvgIpc) is 3.17. The summed E-state index contributed by atoms with van der Waals surface area (Å²) in [5.74, 6) is 1.36. The number of aromatic nitrogens is 1. The predicted octanol–water partition coefficient (Wildman–Crippen LogP) is 2.92. The maximum absolute atomic E-state index is 12.5. The second kappa shape index (κ2) is 6.02. The molecule has 6 heteroatoms. The molecule has 2 aliphatic rings. The molecule has 130 valence electrons. The van der Waals surface area contributed by atoms with Gasteiger partial charge in [-0.3, -0.25) is 9.59 Å². The molecule has 0 spiro atoms. The van der Waals surface area contributed by atoms with E-state index in [0.717, 1.165) is 23.2 Å². The molecule has 1 aliphatic carbocycles. The molecule has 4 rings (SSSR count). The largest absolute Gasteiger partial charge is 0.435 e. The van der Waals surface area contributed by atoms with Crippen molar-refractivity contribution in [1.82, 2.24) is 10.3 Å². The summed E-state index contributed by atoms with van der Waals surface area (Å²) in [6.45, 7) is 3.72. The lowest BCUT2D eigenvalue weighted by Gasteiger charge is -2.14. The third-order valence-electron chi connectivity index (χ3n) is 4.81. The Labute approximate surface area is 146 Å². The fraction of sp³-hybridized carbons (Fsp3) is 0.421. The van der Waals surface area contributed by atoms with Crippen LogP contribution in [0, 0.1) is 12.8 Å². The molecule has 6 nitrogen and oxygen atoms in total. The molecule has 0 saturated heterocycles. The van der Waals surface area contributed by atoms with Crippen LogP contribution in [0.25, 0.3) is 0 Å². The Kier molecular flexibility index (Phi) is 3.82. The van der Waals surface area contributed by atoms with Crippen LogP contribution in [-0.2, 0) is 17.6 Å². The second-order valence-electron chi connectivity index (χ2n) is 7.01. The molecule has 1 aromatic carbocycles. The lowest BCUT2D eigenvalue weighted by atomic mass is 10.0. The van der Waals surface area contributed by atoms with Crippen molar-refractivity contribution < 1.29 is 14.0 Å². The summed E-state index contributed by atoms with van der Waals surface area (Å²) >= 11 is 0. The zero-order valence-electron chi connectivity index (χ0n) is 14.4. The number of benzene rings is 1. The Hall–Kier alpha value is -2.63. The van der Waals surface area contributed by atoms with E-state index < -0.39 is 0 Å². The molecule has 1 saturated carbocycles. The number of carbonyl (C=O) groups excluding carboxylic acids is 2. The Morgan fingerprint density at radius 1 is 1.44 bits per heavy atom. The molecule has 0 unspecified atom stereocenters. The van der Waals surface area contributed by atoms with Crippen LogP contribution < -0.4 is 10.6 Å². The summed E-state index contributed by atoms with van der Waals surface area (Å²) in [6, 6.07) is 5.57. The van der Waals surface area contributed by atoms with E-state index in [1.807, 2.05) is 25.1 Å². The van der Waals surface area contributed by atoms with Crippen molar-refractivity contribution in [1.29, 1.82) is 0 Å². The van der Waals surface area contributed by atoms with Crippen molar-refractivity contribution in [3.63, 3.8) is 0 Å². The molecule has 2 amide bonds. The van der Waals surface area contributed by atoms with Crippen molar-refractivity contribution >= 4 is 17.5 Å². The molecule has 1 aromatic heterocycles. The fourth-order valence-electron chi connectivity index (χ4n) is 3.18. The molecule has 2 heterocycles. The number of nitrogens with one attached hydrogen (secondary N) is 2. The first-order chi connectivity index (χ1) is 12.0. The highest BCUT2D eigenvalue weighted by molar-refractivity contribution is 5.99. The summed E-state index contributed by atoms with van der Waals surface area (Å²) < 4.78 is 5.67. The van der Waals surface area contributed by atoms with E-state index in [0.29, 0.717) is 29.7 Å². The number of rotatable bonds is 5. The SMILES string of the molecule is Cc1nc(CC2CC2)oc1C(=O)N[C@H](C)c1ccc2c(c1)CC(=O)N2. The van der Waals surface area contributed by atoms with Crippen LogP contribution in [-0.4, -0.2) is 16.8 Å². The maximum Gasteiger partial charge on any atom is 0.289 e. The normalized spacial score (nSPS) is 17.1. The smallest absolute Gasteiger partial charge is 0.289 e. The van der Waals surface area contributed by atoms with Crippen LogP contribution in [0.1, 0.15) is 59.1 Å². The van der Waals surface area contributed by atoms with Gasteiger partial charge in [-0.05, 0) is 49.8 Å². The summed E-state index contributed by atoms with van der Waals surface area (Å²) in [7, 11) is 0. The summed E-state index contributed by atoms with van der Waals surface area (Å²) in [5, 5.41) is 5.77. The number of anilines is 1. The topological polar surface area (TPSA) is 84.2 Å². The number of oxazole rings is 1. The van der Waals surface area contributed by atoms with Crippen LogP contribution >= 0.6 is 0 Å². The molecule has 1 fully saturated rings. The van der Waals surface area contributed by atoms with Gasteiger partial charge in [0.25, 0.3) is 5.91 Å². The van der Waals surface area contributed by atoms with E-state index in [9.17, 15) is 9.59 Å². The number of aryl methyl sites for hydroxylation is 1. The summed E-state index contributed by atoms with van der Waals surface area (Å²) in [5.41, 5.74) is 3.40. The molecule has 2 aromatic rings. The zero-order valence-corrected chi connectivity index (χ0v) is 14.4. The lowest BCUT2D eigenvalue weighted by molar-refractivity contribution is -0.115. The van der Waals surface area contributed by atoms with Gasteiger partial charge in [0.15, 0.2) is 5.89 Å². The quantitative estimate of drug-likeness (QED) is 0.877. The standard InChI is InChI=1S/C19H21N3O3/c1-10(13-5-6-15-14(8-13)9-16(23)22-15)21-19(24)18-11(2)20-17(25-18)7-12-3-4-12/h5-6,8,10,12H,3-4,7,9H2,1-2H3,(H,21,24)(H,22,23)/t10-/m1/s1. The van der Waals surface area contributed by atoms with Crippen LogP contribution in [0.5, 0.6) is 0 Å². The summed E-state index contributed by atoms with van der Waals surface area (Å²) in [6.07, 6.45) is 3.64. The van der Waals surface area contributed by atoms with E-state index in [2.05, 4.69) is 15.6 Å². The molecule has 0 radical (unpaired) electrons. The van der Waals surface area contributed by atoms with E-state index in [-0.39, 0.29) is 17.9 Å². The van der Waals surface area contributed by atoms with E-state index in [1.54, 1.807) is 6.92 Å². The van der Waals surface area contributed by atoms with Crippen LogP contribution in [0.2, 0.25) is 0 Å². The predicted molar refractivity (Wildman–Crippen MR) is 92.3 cm³/mol. The van der Waals surface area contributed by atoms with Gasteiger partial charge in [-0.15, -0.1) is 0 Å². The Balaban J connectivity index is 1.46. The second-order valence-corrected chi connectivity index (χ2v) is 7.01. The van der Waals surface area contributed by atoms with E-state index in [1.165, 1.54) is 12.8 Å². The van der Waals surface area contributed by atoms with Crippen molar-refractivity contribution in [3.05, 3.63) is 46.7 Å². The Morgan fingerprint density at radius 2 is 2.24 bits per heavy atom. The number of fused-ring (bicyclic) bond motifs is 1. The third-order valence-corrected chi connectivity index (χ3v) is 4.81. The molecule has 0 bridgehead atoms. The minimum atomic E-state index is -0.255. The minimum Gasteiger partial charge on any atom is -0.435 e. The first kappa shape index (κ1) is 15.9. The first-order valence-electron chi connectivity index (χ1n) is 8.69. The molecule has 2 N–H and O–H groups in total. The van der Waals surface area contributed by atoms with Gasteiger partial charge in [0.1, 0.15) is 0 Å². The fourth-order valence-corrected chi connectivity index (χ4v) is 3.18.